The average Bonchev–Trinajstić information content (AvgIpc) is 1.77. The van der Waals surface area contributed by atoms with Gasteiger partial charge in [0.1, 0.15) is 33.0 Å². The Morgan fingerprint density at radius 2 is 0.510 bits per heavy atom. The lowest BCUT2D eigenvalue weighted by Gasteiger charge is -2.38. The van der Waals surface area contributed by atoms with E-state index in [0.717, 1.165) is 92.6 Å². The lowest BCUT2D eigenvalue weighted by molar-refractivity contribution is -0.143. The van der Waals surface area contributed by atoms with Crippen LogP contribution in [0.1, 0.15) is 203 Å². The van der Waals surface area contributed by atoms with E-state index in [1.807, 2.05) is 284 Å². The van der Waals surface area contributed by atoms with Gasteiger partial charge in [-0.05, 0) is 208 Å². The van der Waals surface area contributed by atoms with Crippen molar-refractivity contribution in [2.75, 3.05) is 19.6 Å². The van der Waals surface area contributed by atoms with E-state index in [4.69, 9.17) is 88.1 Å². The molecule has 0 aromatic heterocycles. The number of esters is 5. The van der Waals surface area contributed by atoms with E-state index in [2.05, 4.69) is 5.92 Å². The number of hydrogen-bond donors (Lipinski definition) is 0. The minimum atomic E-state index is -0.448. The van der Waals surface area contributed by atoms with Gasteiger partial charge >= 0.3 is 29.8 Å². The van der Waals surface area contributed by atoms with Gasteiger partial charge in [-0.1, -0.05) is 313 Å². The van der Waals surface area contributed by atoms with Crippen LogP contribution in [0.15, 0.2) is 360 Å². The summed E-state index contributed by atoms with van der Waals surface area (Å²) in [5.41, 5.74) is 15.9. The quantitative estimate of drug-likeness (QED) is 0.0252. The van der Waals surface area contributed by atoms with Crippen molar-refractivity contribution >= 4 is 117 Å². The molecule has 11 aromatic rings. The van der Waals surface area contributed by atoms with E-state index >= 15 is 0 Å². The first kappa shape index (κ1) is 109. The summed E-state index contributed by atoms with van der Waals surface area (Å²) in [7, 11) is 0. The van der Waals surface area contributed by atoms with E-state index in [1.54, 1.807) is 87.2 Å². The molecule has 2 aliphatic carbocycles. The molecule has 2 saturated carbocycles. The van der Waals surface area contributed by atoms with Crippen LogP contribution in [-0.4, -0.2) is 110 Å². The van der Waals surface area contributed by atoms with Crippen molar-refractivity contribution in [3.05, 3.63) is 446 Å². The van der Waals surface area contributed by atoms with E-state index < -0.39 is 17.9 Å². The molecule has 25 heteroatoms. The maximum absolute atomic E-state index is 13.3. The number of nitrogens with zero attached hydrogens (tertiary/aromatic N) is 5. The zero-order chi connectivity index (χ0) is 104. The van der Waals surface area contributed by atoms with Gasteiger partial charge < -0.3 is 48.2 Å². The molecule has 7 aliphatic rings. The van der Waals surface area contributed by atoms with E-state index in [-0.39, 0.29) is 149 Å². The summed E-state index contributed by atoms with van der Waals surface area (Å²) in [6, 6.07) is 94.0. The van der Waals surface area contributed by atoms with Crippen molar-refractivity contribution in [1.29, 1.82) is 0 Å². The molecule has 5 unspecified atom stereocenters. The van der Waals surface area contributed by atoms with Crippen molar-refractivity contribution in [3.8, 4) is 12.3 Å². The Morgan fingerprint density at radius 1 is 0.293 bits per heavy atom. The zero-order valence-electron chi connectivity index (χ0n) is 83.2. The predicted molar refractivity (Wildman–Crippen MR) is 572 cm³/mol. The SMILES string of the molecule is C#CCN1C(=O)CC(c2ccc(Cl)cc2)C(C(=O)OCc2ccccc2)=C1C.CC1=C(C(=O)OCc2ccccc2)C(c2ccc(Cl)cc2)CC(=O)N1C(C)C.CC1=C(C(=O)OCc2ccccc2)C(c2ccc(Cl)cc2)CC(=O)N1CC1CC1.CC1=C(C(=O)OCc2ccccc2)C(c2ccc(Cl)cc2)CC(=O)N1CC1CCC1.CC1=C(C(=O)OCc2ccccc2)C(c2ccc(Cl)cc2)CC(=O)N1Cc1ccccc1. The van der Waals surface area contributed by atoms with Crippen molar-refractivity contribution in [3.63, 3.8) is 0 Å². The molecule has 0 N–H and O–H groups in total. The topological polar surface area (TPSA) is 233 Å². The first-order valence-electron chi connectivity index (χ1n) is 49.3. The highest BCUT2D eigenvalue weighted by atomic mass is 35.5. The highest BCUT2D eigenvalue weighted by Gasteiger charge is 2.44. The third-order valence-electron chi connectivity index (χ3n) is 27.3. The second kappa shape index (κ2) is 52.2. The number of benzene rings is 11. The number of terminal acetylenes is 1. The van der Waals surface area contributed by atoms with Gasteiger partial charge in [0.2, 0.25) is 29.5 Å². The van der Waals surface area contributed by atoms with Gasteiger partial charge in [-0.3, -0.25) is 24.0 Å². The number of hydrogen-bond acceptors (Lipinski definition) is 15. The summed E-state index contributed by atoms with van der Waals surface area (Å²) in [5.74, 6) is -0.183. The first-order valence-corrected chi connectivity index (χ1v) is 51.2. The Bertz CT molecular complexity index is 6710. The standard InChI is InChI=1S/C27H24ClNO3.C25H26ClNO3.C24H24ClNO3.C23H24ClNO3.C23H20ClNO3/c1-19-26(27(31)32-18-21-10-6-3-7-11-21)24(22-12-14-23(28)15-13-22)16-25(30)29(19)17-20-8-4-2-5-9-20;1-17-24(25(29)30-16-19-6-3-2-4-7-19)22(20-10-12-21(26)13-11-20)14-23(28)27(17)15-18-8-5-9-18;1-16-23(24(28)29-15-18-5-3-2-4-6-18)21(19-9-11-20(25)12-10-19)13-22(27)26(16)14-17-7-8-17;1-15(2)25-16(3)22(23(27)28-14-17-7-5-4-6-8-17)20(13-21(25)26)18-9-11-19(24)12-10-18;1-3-13-25-16(2)22(23(27)28-15-17-7-5-4-6-8-17)20(14-21(25)26)18-9-11-19(24)12-10-18/h2-15,24H,16-18H2,1H3;2-4,6-7,10-13,18,22H,5,8-9,14-16H2,1H3;2-6,9-12,17,21H,7-8,13-15H2,1H3;4-12,15,20H,13-14H2,1-3H3;1,4-12,20H,13-15H2,2H3. The Hall–Kier alpha value is -14.2. The van der Waals surface area contributed by atoms with Gasteiger partial charge in [0, 0.05) is 134 Å². The van der Waals surface area contributed by atoms with Gasteiger partial charge in [-0.2, -0.15) is 0 Å². The third-order valence-corrected chi connectivity index (χ3v) is 28.6. The van der Waals surface area contributed by atoms with Crippen LogP contribution in [0.25, 0.3) is 0 Å². The Morgan fingerprint density at radius 3 is 0.748 bits per heavy atom. The highest BCUT2D eigenvalue weighted by molar-refractivity contribution is 6.32. The number of ether oxygens (including phenoxy) is 5. The van der Waals surface area contributed by atoms with Crippen LogP contribution in [0.5, 0.6) is 0 Å². The molecule has 5 atom stereocenters. The van der Waals surface area contributed by atoms with Crippen LogP contribution < -0.4 is 0 Å². The van der Waals surface area contributed by atoms with Crippen LogP contribution in [0.4, 0.5) is 0 Å². The van der Waals surface area contributed by atoms with Gasteiger partial charge in [0.25, 0.3) is 0 Å². The van der Waals surface area contributed by atoms with Crippen molar-refractivity contribution < 1.29 is 71.6 Å². The average molecular weight is 2070 g/mol. The molecule has 756 valence electrons. The summed E-state index contributed by atoms with van der Waals surface area (Å²) in [4.78, 5) is 138. The van der Waals surface area contributed by atoms with Crippen molar-refractivity contribution in [1.82, 2.24) is 24.5 Å². The second-order valence-corrected chi connectivity index (χ2v) is 39.8. The highest BCUT2D eigenvalue weighted by Crippen LogP contribution is 2.46. The number of rotatable bonds is 28. The lowest BCUT2D eigenvalue weighted by Crippen LogP contribution is -2.42. The van der Waals surface area contributed by atoms with Crippen molar-refractivity contribution in [2.24, 2.45) is 11.8 Å². The van der Waals surface area contributed by atoms with Crippen LogP contribution in [0, 0.1) is 24.2 Å². The Kier molecular flexibility index (Phi) is 38.6. The summed E-state index contributed by atoms with van der Waals surface area (Å²) in [6.07, 6.45) is 12.3. The molecule has 11 aromatic carbocycles. The predicted octanol–water partition coefficient (Wildman–Crippen LogP) is 25.8. The molecule has 0 spiro atoms. The molecule has 0 bridgehead atoms. The molecule has 147 heavy (non-hydrogen) atoms. The number of carbonyl (C=O) groups is 10. The van der Waals surface area contributed by atoms with E-state index in [1.165, 1.54) is 11.3 Å². The third kappa shape index (κ3) is 29.0. The maximum Gasteiger partial charge on any atom is 0.336 e. The summed E-state index contributed by atoms with van der Waals surface area (Å²) < 4.78 is 28.2. The molecule has 18 rings (SSSR count). The van der Waals surface area contributed by atoms with Crippen molar-refractivity contribution in [2.45, 2.75) is 188 Å². The first-order chi connectivity index (χ1) is 71.0. The van der Waals surface area contributed by atoms with Gasteiger partial charge in [-0.15, -0.1) is 6.42 Å². The van der Waals surface area contributed by atoms with Gasteiger partial charge in [0.15, 0.2) is 0 Å². The van der Waals surface area contributed by atoms with E-state index in [0.29, 0.717) is 107 Å². The van der Waals surface area contributed by atoms with Crippen LogP contribution in [-0.2, 0) is 111 Å². The monoisotopic (exact) mass is 2070 g/mol. The minimum absolute atomic E-state index is 0.00654. The number of amides is 5. The summed E-state index contributed by atoms with van der Waals surface area (Å²) in [5, 5.41) is 3.06. The molecule has 2 fully saturated rings. The summed E-state index contributed by atoms with van der Waals surface area (Å²) in [6.45, 7) is 15.8. The number of carbonyl (C=O) groups excluding carboxylic acids is 10. The number of halogens is 5. The van der Waals surface area contributed by atoms with E-state index in [9.17, 15) is 47.9 Å². The smallest absolute Gasteiger partial charge is 0.336 e. The minimum Gasteiger partial charge on any atom is -0.457 e. The van der Waals surface area contributed by atoms with Gasteiger partial charge in [0.05, 0.1) is 41.0 Å². The molecule has 0 saturated heterocycles. The molecule has 5 heterocycles. The zero-order valence-corrected chi connectivity index (χ0v) is 87.0. The molecule has 20 nitrogen and oxygen atoms in total. The fourth-order valence-corrected chi connectivity index (χ4v) is 19.7. The normalized spacial score (nSPS) is 17.8. The van der Waals surface area contributed by atoms with Crippen LogP contribution in [0.3, 0.4) is 0 Å². The molecule has 0 radical (unpaired) electrons. The van der Waals surface area contributed by atoms with Crippen LogP contribution in [0.2, 0.25) is 25.1 Å². The molecule has 5 aliphatic heterocycles. The molecular weight excluding hydrogens is 1950 g/mol. The molecular formula is C122H118Cl5N5O15. The fraction of sp³-hybridized carbons (Fsp3) is 0.279. The fourth-order valence-electron chi connectivity index (χ4n) is 19.1. The summed E-state index contributed by atoms with van der Waals surface area (Å²) >= 11 is 30.1. The second-order valence-electron chi connectivity index (χ2n) is 37.6. The Balaban J connectivity index is 0.000000145. The van der Waals surface area contributed by atoms with Gasteiger partial charge in [-0.25, -0.2) is 24.0 Å². The Labute approximate surface area is 884 Å². The van der Waals surface area contributed by atoms with Crippen LogP contribution >= 0.6 is 58.0 Å². The number of allylic oxidation sites excluding steroid dienone is 5. The largest absolute Gasteiger partial charge is 0.457 e. The molecule has 5 amide bonds. The maximum atomic E-state index is 13.3. The lowest BCUT2D eigenvalue weighted by atomic mass is 9.81.